The van der Waals surface area contributed by atoms with E-state index >= 15 is 0 Å². The molecule has 0 spiro atoms. The fraction of sp³-hybridized carbons (Fsp3) is 0.125. The molecule has 0 saturated heterocycles. The third-order valence-electron chi connectivity index (χ3n) is 1.50. The number of hydrogen-bond donors (Lipinski definition) is 2. The van der Waals surface area contributed by atoms with Crippen LogP contribution in [0.4, 0.5) is 0 Å². The van der Waals surface area contributed by atoms with Crippen LogP contribution in [0.3, 0.4) is 0 Å². The molecule has 1 rings (SSSR count). The van der Waals surface area contributed by atoms with Crippen molar-refractivity contribution in [2.75, 3.05) is 0 Å². The Morgan fingerprint density at radius 1 is 1.62 bits per heavy atom. The Morgan fingerprint density at radius 2 is 2.31 bits per heavy atom. The molecule has 0 amide bonds. The fourth-order valence-corrected chi connectivity index (χ4v) is 1.34. The van der Waals surface area contributed by atoms with Crippen molar-refractivity contribution in [2.45, 2.75) is 6.42 Å². The van der Waals surface area contributed by atoms with E-state index in [1.807, 2.05) is 12.1 Å². The standard InChI is InChI=1S/C8H8BrClN2O/c9-6-2-1-5(3-7(6)10)4-8(11)12-13/h1-3,13H,4H2,(H2,11,12). The van der Waals surface area contributed by atoms with Crippen LogP contribution in [0.2, 0.25) is 5.02 Å². The zero-order valence-electron chi connectivity index (χ0n) is 6.67. The summed E-state index contributed by atoms with van der Waals surface area (Å²) in [6.07, 6.45) is 0.392. The van der Waals surface area contributed by atoms with Crippen molar-refractivity contribution in [3.8, 4) is 0 Å². The molecule has 3 nitrogen and oxygen atoms in total. The van der Waals surface area contributed by atoms with Crippen LogP contribution in [-0.2, 0) is 6.42 Å². The van der Waals surface area contributed by atoms with Crippen LogP contribution in [0, 0.1) is 0 Å². The summed E-state index contributed by atoms with van der Waals surface area (Å²) in [4.78, 5) is 0. The summed E-state index contributed by atoms with van der Waals surface area (Å²) in [7, 11) is 0. The summed E-state index contributed by atoms with van der Waals surface area (Å²) in [5.41, 5.74) is 6.24. The second-order valence-corrected chi connectivity index (χ2v) is 3.78. The summed E-state index contributed by atoms with van der Waals surface area (Å²) in [6, 6.07) is 5.44. The van der Waals surface area contributed by atoms with Gasteiger partial charge >= 0.3 is 0 Å². The highest BCUT2D eigenvalue weighted by molar-refractivity contribution is 9.10. The zero-order chi connectivity index (χ0) is 9.84. The van der Waals surface area contributed by atoms with Gasteiger partial charge in [0.25, 0.3) is 0 Å². The van der Waals surface area contributed by atoms with Gasteiger partial charge in [-0.15, -0.1) is 0 Å². The predicted molar refractivity (Wildman–Crippen MR) is 56.3 cm³/mol. The quantitative estimate of drug-likeness (QED) is 0.372. The maximum Gasteiger partial charge on any atom is 0.143 e. The Morgan fingerprint density at radius 3 is 2.85 bits per heavy atom. The highest BCUT2D eigenvalue weighted by Gasteiger charge is 2.01. The molecule has 0 radical (unpaired) electrons. The Balaban J connectivity index is 2.86. The van der Waals surface area contributed by atoms with E-state index in [2.05, 4.69) is 21.1 Å². The van der Waals surface area contributed by atoms with Gasteiger partial charge < -0.3 is 10.9 Å². The molecule has 1 aromatic rings. The van der Waals surface area contributed by atoms with Crippen molar-refractivity contribution in [1.29, 1.82) is 0 Å². The molecular formula is C8H8BrClN2O. The maximum atomic E-state index is 8.34. The molecule has 0 aliphatic carbocycles. The molecule has 70 valence electrons. The average Bonchev–Trinajstić information content (AvgIpc) is 2.11. The van der Waals surface area contributed by atoms with Gasteiger partial charge in [-0.3, -0.25) is 0 Å². The number of halogens is 2. The lowest BCUT2D eigenvalue weighted by Gasteiger charge is -2.01. The molecule has 0 unspecified atom stereocenters. The van der Waals surface area contributed by atoms with E-state index in [4.69, 9.17) is 22.5 Å². The lowest BCUT2D eigenvalue weighted by molar-refractivity contribution is 0.317. The first kappa shape index (κ1) is 10.3. The van der Waals surface area contributed by atoms with Crippen molar-refractivity contribution in [1.82, 2.24) is 0 Å². The molecule has 5 heteroatoms. The molecule has 0 atom stereocenters. The first-order valence-electron chi connectivity index (χ1n) is 3.54. The minimum absolute atomic E-state index is 0.165. The van der Waals surface area contributed by atoms with Gasteiger partial charge in [0.1, 0.15) is 5.84 Å². The molecule has 0 fully saturated rings. The first-order valence-corrected chi connectivity index (χ1v) is 4.71. The monoisotopic (exact) mass is 262 g/mol. The molecule has 13 heavy (non-hydrogen) atoms. The Kier molecular flexibility index (Phi) is 3.57. The van der Waals surface area contributed by atoms with E-state index in [0.717, 1.165) is 10.0 Å². The smallest absolute Gasteiger partial charge is 0.143 e. The van der Waals surface area contributed by atoms with E-state index in [0.29, 0.717) is 11.4 Å². The maximum absolute atomic E-state index is 8.34. The lowest BCUT2D eigenvalue weighted by atomic mass is 10.1. The van der Waals surface area contributed by atoms with Gasteiger partial charge in [-0.2, -0.15) is 0 Å². The van der Waals surface area contributed by atoms with E-state index in [-0.39, 0.29) is 5.84 Å². The van der Waals surface area contributed by atoms with Gasteiger partial charge in [-0.25, -0.2) is 0 Å². The average molecular weight is 264 g/mol. The van der Waals surface area contributed by atoms with Crippen molar-refractivity contribution < 1.29 is 5.21 Å². The topological polar surface area (TPSA) is 58.6 Å². The molecule has 0 heterocycles. The molecule has 0 saturated carbocycles. The SMILES string of the molecule is N/C(Cc1ccc(Br)c(Cl)c1)=N/O. The summed E-state index contributed by atoms with van der Waals surface area (Å²) in [6.45, 7) is 0. The minimum atomic E-state index is 0.165. The summed E-state index contributed by atoms with van der Waals surface area (Å²) < 4.78 is 0.831. The summed E-state index contributed by atoms with van der Waals surface area (Å²) in [5.74, 6) is 0.165. The largest absolute Gasteiger partial charge is 0.409 e. The highest BCUT2D eigenvalue weighted by atomic mass is 79.9. The molecule has 0 aromatic heterocycles. The number of hydrogen-bond acceptors (Lipinski definition) is 2. The lowest BCUT2D eigenvalue weighted by Crippen LogP contribution is -2.14. The third kappa shape index (κ3) is 2.90. The van der Waals surface area contributed by atoms with Gasteiger partial charge in [-0.05, 0) is 33.6 Å². The Bertz CT molecular complexity index is 341. The van der Waals surface area contributed by atoms with Gasteiger partial charge in [0.15, 0.2) is 0 Å². The number of nitrogens with two attached hydrogens (primary N) is 1. The van der Waals surface area contributed by atoms with Crippen molar-refractivity contribution in [3.63, 3.8) is 0 Å². The van der Waals surface area contributed by atoms with E-state index in [1.165, 1.54) is 0 Å². The number of amidine groups is 1. The van der Waals surface area contributed by atoms with Crippen molar-refractivity contribution in [3.05, 3.63) is 33.3 Å². The van der Waals surface area contributed by atoms with Crippen LogP contribution in [0.1, 0.15) is 5.56 Å². The molecule has 1 aromatic carbocycles. The normalized spacial score (nSPS) is 11.7. The van der Waals surface area contributed by atoms with Crippen LogP contribution in [-0.4, -0.2) is 11.0 Å². The predicted octanol–water partition coefficient (Wildman–Crippen LogP) is 2.39. The van der Waals surface area contributed by atoms with E-state index < -0.39 is 0 Å². The highest BCUT2D eigenvalue weighted by Crippen LogP contribution is 2.23. The Hall–Kier alpha value is -0.740. The minimum Gasteiger partial charge on any atom is -0.409 e. The number of rotatable bonds is 2. The van der Waals surface area contributed by atoms with Crippen LogP contribution >= 0.6 is 27.5 Å². The summed E-state index contributed by atoms with van der Waals surface area (Å²) in [5, 5.41) is 11.8. The van der Waals surface area contributed by atoms with Gasteiger partial charge in [0.2, 0.25) is 0 Å². The molecule has 3 N–H and O–H groups in total. The number of nitrogens with zero attached hydrogens (tertiary/aromatic N) is 1. The summed E-state index contributed by atoms with van der Waals surface area (Å²) >= 11 is 9.12. The van der Waals surface area contributed by atoms with Crippen LogP contribution < -0.4 is 5.73 Å². The second-order valence-electron chi connectivity index (χ2n) is 2.52. The van der Waals surface area contributed by atoms with E-state index in [1.54, 1.807) is 6.07 Å². The van der Waals surface area contributed by atoms with Crippen LogP contribution in [0.15, 0.2) is 27.8 Å². The van der Waals surface area contributed by atoms with Gasteiger partial charge in [0.05, 0.1) is 5.02 Å². The number of benzene rings is 1. The number of oxime groups is 1. The third-order valence-corrected chi connectivity index (χ3v) is 2.73. The molecular weight excluding hydrogens is 255 g/mol. The van der Waals surface area contributed by atoms with E-state index in [9.17, 15) is 0 Å². The van der Waals surface area contributed by atoms with Crippen molar-refractivity contribution >= 4 is 33.4 Å². The van der Waals surface area contributed by atoms with Crippen LogP contribution in [0.25, 0.3) is 0 Å². The molecule has 0 aliphatic rings. The molecule has 0 aliphatic heterocycles. The molecule has 0 bridgehead atoms. The first-order chi connectivity index (χ1) is 6.13. The zero-order valence-corrected chi connectivity index (χ0v) is 9.01. The second kappa shape index (κ2) is 4.48. The van der Waals surface area contributed by atoms with Crippen LogP contribution in [0.5, 0.6) is 0 Å². The fourth-order valence-electron chi connectivity index (χ4n) is 0.894. The van der Waals surface area contributed by atoms with Gasteiger partial charge in [0, 0.05) is 10.9 Å². The van der Waals surface area contributed by atoms with Crippen molar-refractivity contribution in [2.24, 2.45) is 10.9 Å². The Labute approximate surface area is 89.3 Å². The van der Waals surface area contributed by atoms with Gasteiger partial charge in [-0.1, -0.05) is 22.8 Å².